The molecule has 112 valence electrons. The van der Waals surface area contributed by atoms with Gasteiger partial charge in [0.15, 0.2) is 5.69 Å². The maximum absolute atomic E-state index is 12.7. The van der Waals surface area contributed by atoms with Gasteiger partial charge in [-0.1, -0.05) is 6.58 Å². The summed E-state index contributed by atoms with van der Waals surface area (Å²) in [5.74, 6) is -0.320. The van der Waals surface area contributed by atoms with E-state index in [4.69, 9.17) is 5.26 Å². The maximum atomic E-state index is 12.7. The molecule has 0 aliphatic carbocycles. The van der Waals surface area contributed by atoms with E-state index < -0.39 is 17.4 Å². The van der Waals surface area contributed by atoms with Crippen LogP contribution in [0.1, 0.15) is 11.3 Å². The molecule has 22 heavy (non-hydrogen) atoms. The van der Waals surface area contributed by atoms with E-state index in [1.165, 1.54) is 24.3 Å². The van der Waals surface area contributed by atoms with Gasteiger partial charge in [-0.2, -0.15) is 18.4 Å². The molecule has 1 aromatic carbocycles. The van der Waals surface area contributed by atoms with Gasteiger partial charge in [-0.25, -0.2) is 4.98 Å². The standard InChI is InChI=1S/C14H9F3N4O/c1-2-21-12(22)7-11(14(15,16)17)20-13(21)19-10-5-3-9(8-18)4-6-10/h2-7H,1H2,(H,19,20). The van der Waals surface area contributed by atoms with E-state index >= 15 is 0 Å². The zero-order valence-electron chi connectivity index (χ0n) is 11.1. The summed E-state index contributed by atoms with van der Waals surface area (Å²) in [5, 5.41) is 11.3. The van der Waals surface area contributed by atoms with Crippen molar-refractivity contribution in [1.29, 1.82) is 5.26 Å². The molecular formula is C14H9F3N4O. The van der Waals surface area contributed by atoms with E-state index in [1.807, 2.05) is 6.07 Å². The fourth-order valence-corrected chi connectivity index (χ4v) is 1.66. The van der Waals surface area contributed by atoms with Crippen molar-refractivity contribution < 1.29 is 13.2 Å². The lowest BCUT2D eigenvalue weighted by molar-refractivity contribution is -0.141. The summed E-state index contributed by atoms with van der Waals surface area (Å²) in [6.07, 6.45) is -3.68. The SMILES string of the molecule is C=Cn1c(Nc2ccc(C#N)cc2)nc(C(F)(F)F)cc1=O. The molecule has 0 atom stereocenters. The summed E-state index contributed by atoms with van der Waals surface area (Å²) in [6.45, 7) is 3.37. The largest absolute Gasteiger partial charge is 0.433 e. The number of nitrogens with one attached hydrogen (secondary N) is 1. The fourth-order valence-electron chi connectivity index (χ4n) is 1.66. The fraction of sp³-hybridized carbons (Fsp3) is 0.0714. The van der Waals surface area contributed by atoms with E-state index in [0.717, 1.165) is 10.8 Å². The zero-order valence-corrected chi connectivity index (χ0v) is 11.1. The second kappa shape index (κ2) is 5.73. The van der Waals surface area contributed by atoms with Crippen LogP contribution in [0.15, 0.2) is 41.7 Å². The molecule has 1 aromatic heterocycles. The molecule has 0 unspecified atom stereocenters. The molecule has 0 saturated heterocycles. The van der Waals surface area contributed by atoms with Crippen molar-refractivity contribution in [1.82, 2.24) is 9.55 Å². The Kier molecular flexibility index (Phi) is 3.99. The molecule has 0 amide bonds. The first-order chi connectivity index (χ1) is 10.3. The van der Waals surface area contributed by atoms with Crippen LogP contribution in [0.25, 0.3) is 6.20 Å². The lowest BCUT2D eigenvalue weighted by atomic mass is 10.2. The Balaban J connectivity index is 2.48. The summed E-state index contributed by atoms with van der Waals surface area (Å²) in [6, 6.07) is 8.24. The van der Waals surface area contributed by atoms with Gasteiger partial charge in [-0.3, -0.25) is 9.36 Å². The summed E-state index contributed by atoms with van der Waals surface area (Å²) in [7, 11) is 0. The Morgan fingerprint density at radius 2 is 1.95 bits per heavy atom. The Labute approximate surface area is 123 Å². The molecule has 0 spiro atoms. The molecule has 0 aliphatic heterocycles. The van der Waals surface area contributed by atoms with E-state index in [9.17, 15) is 18.0 Å². The van der Waals surface area contributed by atoms with Crippen LogP contribution >= 0.6 is 0 Å². The highest BCUT2D eigenvalue weighted by Crippen LogP contribution is 2.27. The molecule has 5 nitrogen and oxygen atoms in total. The van der Waals surface area contributed by atoms with Crippen molar-refractivity contribution in [3.63, 3.8) is 0 Å². The number of halogens is 3. The van der Waals surface area contributed by atoms with Crippen LogP contribution in [0.5, 0.6) is 0 Å². The van der Waals surface area contributed by atoms with Gasteiger partial charge < -0.3 is 5.32 Å². The average Bonchev–Trinajstić information content (AvgIpc) is 2.47. The average molecular weight is 306 g/mol. The first-order valence-corrected chi connectivity index (χ1v) is 5.95. The molecule has 0 radical (unpaired) electrons. The zero-order chi connectivity index (χ0) is 16.3. The van der Waals surface area contributed by atoms with E-state index in [2.05, 4.69) is 16.9 Å². The highest BCUT2D eigenvalue weighted by molar-refractivity contribution is 5.56. The number of hydrogen-bond donors (Lipinski definition) is 1. The lowest BCUT2D eigenvalue weighted by Gasteiger charge is -2.13. The maximum Gasteiger partial charge on any atom is 0.433 e. The second-order valence-electron chi connectivity index (χ2n) is 4.17. The Morgan fingerprint density at radius 3 is 2.45 bits per heavy atom. The normalized spacial score (nSPS) is 10.8. The molecule has 1 heterocycles. The molecular weight excluding hydrogens is 297 g/mol. The van der Waals surface area contributed by atoms with E-state index in [1.54, 1.807) is 0 Å². The van der Waals surface area contributed by atoms with Crippen LogP contribution in [-0.2, 0) is 6.18 Å². The number of hydrogen-bond acceptors (Lipinski definition) is 4. The van der Waals surface area contributed by atoms with Gasteiger partial charge in [-0.05, 0) is 24.3 Å². The number of aromatic nitrogens is 2. The molecule has 0 saturated carbocycles. The number of rotatable bonds is 3. The van der Waals surface area contributed by atoms with Gasteiger partial charge in [0.05, 0.1) is 11.6 Å². The van der Waals surface area contributed by atoms with Crippen LogP contribution in [0.4, 0.5) is 24.8 Å². The van der Waals surface area contributed by atoms with Gasteiger partial charge in [-0.15, -0.1) is 0 Å². The smallest absolute Gasteiger partial charge is 0.325 e. The molecule has 0 fully saturated rings. The predicted molar refractivity (Wildman–Crippen MR) is 74.3 cm³/mol. The van der Waals surface area contributed by atoms with Crippen LogP contribution in [0, 0.1) is 11.3 Å². The van der Waals surface area contributed by atoms with Gasteiger partial charge >= 0.3 is 6.18 Å². The number of nitrogens with zero attached hydrogens (tertiary/aromatic N) is 3. The Hall–Kier alpha value is -3.08. The summed E-state index contributed by atoms with van der Waals surface area (Å²) in [4.78, 5) is 15.1. The predicted octanol–water partition coefficient (Wildman–Crippen LogP) is 2.98. The van der Waals surface area contributed by atoms with Crippen LogP contribution in [-0.4, -0.2) is 9.55 Å². The summed E-state index contributed by atoms with van der Waals surface area (Å²) < 4.78 is 39.0. The molecule has 2 aromatic rings. The number of anilines is 2. The molecule has 2 rings (SSSR count). The summed E-state index contributed by atoms with van der Waals surface area (Å²) in [5.41, 5.74) is -1.44. The van der Waals surface area contributed by atoms with Crippen LogP contribution in [0.2, 0.25) is 0 Å². The van der Waals surface area contributed by atoms with Crippen LogP contribution < -0.4 is 10.9 Å². The first kappa shape index (κ1) is 15.3. The van der Waals surface area contributed by atoms with Gasteiger partial charge in [0.2, 0.25) is 5.95 Å². The van der Waals surface area contributed by atoms with Gasteiger partial charge in [0, 0.05) is 18.0 Å². The molecule has 0 aliphatic rings. The lowest BCUT2D eigenvalue weighted by Crippen LogP contribution is -2.23. The van der Waals surface area contributed by atoms with Crippen molar-refractivity contribution in [3.8, 4) is 6.07 Å². The van der Waals surface area contributed by atoms with Crippen molar-refractivity contribution >= 4 is 17.8 Å². The third-order valence-electron chi connectivity index (χ3n) is 2.70. The van der Waals surface area contributed by atoms with E-state index in [0.29, 0.717) is 17.3 Å². The van der Waals surface area contributed by atoms with Crippen molar-refractivity contribution in [2.75, 3.05) is 5.32 Å². The molecule has 0 bridgehead atoms. The van der Waals surface area contributed by atoms with E-state index in [-0.39, 0.29) is 5.95 Å². The Morgan fingerprint density at radius 1 is 1.32 bits per heavy atom. The third-order valence-corrected chi connectivity index (χ3v) is 2.70. The van der Waals surface area contributed by atoms with Crippen molar-refractivity contribution in [2.24, 2.45) is 0 Å². The highest BCUT2D eigenvalue weighted by Gasteiger charge is 2.34. The quantitative estimate of drug-likeness (QED) is 0.946. The first-order valence-electron chi connectivity index (χ1n) is 5.95. The highest BCUT2D eigenvalue weighted by atomic mass is 19.4. The summed E-state index contributed by atoms with van der Waals surface area (Å²) >= 11 is 0. The monoisotopic (exact) mass is 306 g/mol. The minimum absolute atomic E-state index is 0.320. The number of benzene rings is 1. The topological polar surface area (TPSA) is 70.7 Å². The molecule has 1 N–H and O–H groups in total. The number of nitriles is 1. The molecule has 8 heteroatoms. The van der Waals surface area contributed by atoms with Crippen LogP contribution in [0.3, 0.4) is 0 Å². The van der Waals surface area contributed by atoms with Gasteiger partial charge in [0.25, 0.3) is 5.56 Å². The Bertz CT molecular complexity index is 801. The third kappa shape index (κ3) is 3.15. The minimum atomic E-state index is -4.74. The number of alkyl halides is 3. The minimum Gasteiger partial charge on any atom is -0.325 e. The van der Waals surface area contributed by atoms with Gasteiger partial charge in [0.1, 0.15) is 0 Å². The van der Waals surface area contributed by atoms with Crippen molar-refractivity contribution in [2.45, 2.75) is 6.18 Å². The van der Waals surface area contributed by atoms with Crippen molar-refractivity contribution in [3.05, 3.63) is 58.5 Å². The second-order valence-corrected chi connectivity index (χ2v) is 4.17.